The minimum Gasteiger partial charge on any atom is -0.497 e. The van der Waals surface area contributed by atoms with E-state index < -0.39 is 0 Å². The predicted octanol–water partition coefficient (Wildman–Crippen LogP) is 2.92. The molecule has 4 rings (SSSR count). The predicted molar refractivity (Wildman–Crippen MR) is 103 cm³/mol. The van der Waals surface area contributed by atoms with Crippen LogP contribution in [0.5, 0.6) is 5.75 Å². The first-order chi connectivity index (χ1) is 13.6. The van der Waals surface area contributed by atoms with E-state index >= 15 is 0 Å². The van der Waals surface area contributed by atoms with Gasteiger partial charge in [-0.2, -0.15) is 0 Å². The van der Waals surface area contributed by atoms with Crippen molar-refractivity contribution >= 4 is 11.8 Å². The van der Waals surface area contributed by atoms with Crippen LogP contribution in [0.3, 0.4) is 0 Å². The normalized spacial score (nSPS) is 21.4. The highest BCUT2D eigenvalue weighted by molar-refractivity contribution is 5.95. The number of methoxy groups -OCH3 is 1. The molecule has 2 aromatic rings. The number of amides is 2. The Bertz CT molecular complexity index is 893. The molecule has 0 aromatic heterocycles. The van der Waals surface area contributed by atoms with E-state index in [-0.39, 0.29) is 29.5 Å². The largest absolute Gasteiger partial charge is 0.497 e. The highest BCUT2D eigenvalue weighted by Crippen LogP contribution is 2.49. The number of halogens is 1. The van der Waals surface area contributed by atoms with E-state index in [0.717, 1.165) is 0 Å². The summed E-state index contributed by atoms with van der Waals surface area (Å²) < 4.78 is 19.1. The maximum atomic E-state index is 13.9. The number of ether oxygens (including phenoxy) is 1. The molecular formula is C22H23FN2O3. The monoisotopic (exact) mass is 382 g/mol. The van der Waals surface area contributed by atoms with Crippen LogP contribution in [0.25, 0.3) is 0 Å². The van der Waals surface area contributed by atoms with Gasteiger partial charge in [-0.15, -0.1) is 0 Å². The molecule has 5 nitrogen and oxygen atoms in total. The van der Waals surface area contributed by atoms with Gasteiger partial charge in [0.1, 0.15) is 11.6 Å². The van der Waals surface area contributed by atoms with Crippen molar-refractivity contribution < 1.29 is 18.7 Å². The molecule has 6 heteroatoms. The Hall–Kier alpha value is -2.89. The van der Waals surface area contributed by atoms with Gasteiger partial charge in [0.05, 0.1) is 7.11 Å². The van der Waals surface area contributed by atoms with Gasteiger partial charge in [0.2, 0.25) is 5.91 Å². The lowest BCUT2D eigenvalue weighted by Gasteiger charge is -2.35. The van der Waals surface area contributed by atoms with Gasteiger partial charge in [-0.3, -0.25) is 9.59 Å². The molecule has 1 saturated carbocycles. The minimum absolute atomic E-state index is 0.0230. The molecule has 1 saturated heterocycles. The molecule has 2 amide bonds. The number of piperazine rings is 1. The molecule has 2 unspecified atom stereocenters. The second-order valence-electron chi connectivity index (χ2n) is 7.32. The Morgan fingerprint density at radius 3 is 2.43 bits per heavy atom. The SMILES string of the molecule is COc1cccc(C(=O)N2CCN(C(=O)C3CC3c3ccccc3F)CC2)c1. The lowest BCUT2D eigenvalue weighted by molar-refractivity contribution is -0.134. The highest BCUT2D eigenvalue weighted by atomic mass is 19.1. The molecule has 2 fully saturated rings. The Kier molecular flexibility index (Phi) is 5.03. The van der Waals surface area contributed by atoms with Crippen LogP contribution in [-0.4, -0.2) is 54.9 Å². The molecule has 2 atom stereocenters. The fourth-order valence-corrected chi connectivity index (χ4v) is 3.89. The van der Waals surface area contributed by atoms with E-state index in [1.54, 1.807) is 59.4 Å². The van der Waals surface area contributed by atoms with Gasteiger partial charge in [-0.05, 0) is 42.2 Å². The molecule has 28 heavy (non-hydrogen) atoms. The lowest BCUT2D eigenvalue weighted by atomic mass is 10.1. The van der Waals surface area contributed by atoms with Crippen LogP contribution in [0.1, 0.15) is 28.3 Å². The van der Waals surface area contributed by atoms with Gasteiger partial charge in [0.15, 0.2) is 0 Å². The molecule has 0 bridgehead atoms. The standard InChI is InChI=1S/C22H23FN2O3/c1-28-16-6-4-5-15(13-16)21(26)24-9-11-25(12-10-24)22(27)19-14-18(19)17-7-2-3-8-20(17)23/h2-8,13,18-19H,9-12,14H2,1H3. The van der Waals surface area contributed by atoms with Gasteiger partial charge in [-0.1, -0.05) is 24.3 Å². The van der Waals surface area contributed by atoms with Crippen LogP contribution in [-0.2, 0) is 4.79 Å². The number of benzene rings is 2. The summed E-state index contributed by atoms with van der Waals surface area (Å²) in [6.45, 7) is 2.02. The minimum atomic E-state index is -0.239. The Labute approximate surface area is 163 Å². The quantitative estimate of drug-likeness (QED) is 0.817. The number of nitrogens with zero attached hydrogens (tertiary/aromatic N) is 2. The van der Waals surface area contributed by atoms with Crippen molar-refractivity contribution in [2.24, 2.45) is 5.92 Å². The zero-order valence-corrected chi connectivity index (χ0v) is 15.8. The van der Waals surface area contributed by atoms with Crippen molar-refractivity contribution in [2.45, 2.75) is 12.3 Å². The average molecular weight is 382 g/mol. The van der Waals surface area contributed by atoms with Gasteiger partial charge < -0.3 is 14.5 Å². The first-order valence-corrected chi connectivity index (χ1v) is 9.55. The van der Waals surface area contributed by atoms with E-state index in [9.17, 15) is 14.0 Å². The second-order valence-corrected chi connectivity index (χ2v) is 7.32. The summed E-state index contributed by atoms with van der Waals surface area (Å²) in [6.07, 6.45) is 0.697. The van der Waals surface area contributed by atoms with Gasteiger partial charge in [0, 0.05) is 37.7 Å². The van der Waals surface area contributed by atoms with Crippen LogP contribution in [0.15, 0.2) is 48.5 Å². The third kappa shape index (κ3) is 3.59. The van der Waals surface area contributed by atoms with Crippen LogP contribution in [0.2, 0.25) is 0 Å². The Morgan fingerprint density at radius 2 is 1.71 bits per heavy atom. The maximum absolute atomic E-state index is 13.9. The third-order valence-electron chi connectivity index (χ3n) is 5.61. The van der Waals surface area contributed by atoms with E-state index in [2.05, 4.69) is 0 Å². The summed E-state index contributed by atoms with van der Waals surface area (Å²) in [4.78, 5) is 29.0. The molecule has 1 aliphatic heterocycles. The van der Waals surface area contributed by atoms with Crippen molar-refractivity contribution in [2.75, 3.05) is 33.3 Å². The van der Waals surface area contributed by atoms with Crippen molar-refractivity contribution in [3.63, 3.8) is 0 Å². The van der Waals surface area contributed by atoms with Crippen LogP contribution in [0, 0.1) is 11.7 Å². The zero-order valence-electron chi connectivity index (χ0n) is 15.8. The van der Waals surface area contributed by atoms with Crippen LogP contribution < -0.4 is 4.74 Å². The number of carbonyl (C=O) groups is 2. The van der Waals surface area contributed by atoms with Crippen molar-refractivity contribution in [1.29, 1.82) is 0 Å². The summed E-state index contributed by atoms with van der Waals surface area (Å²) in [6, 6.07) is 13.8. The molecule has 0 spiro atoms. The van der Waals surface area contributed by atoms with E-state index in [0.29, 0.717) is 49.5 Å². The van der Waals surface area contributed by atoms with Crippen LogP contribution in [0.4, 0.5) is 4.39 Å². The first-order valence-electron chi connectivity index (χ1n) is 9.55. The molecule has 2 aromatic carbocycles. The second kappa shape index (κ2) is 7.62. The van der Waals surface area contributed by atoms with Crippen molar-refractivity contribution in [3.8, 4) is 5.75 Å². The number of rotatable bonds is 4. The molecule has 1 heterocycles. The van der Waals surface area contributed by atoms with Crippen molar-refractivity contribution in [1.82, 2.24) is 9.80 Å². The summed E-state index contributed by atoms with van der Waals surface area (Å²) in [5, 5.41) is 0. The fourth-order valence-electron chi connectivity index (χ4n) is 3.89. The number of hydrogen-bond donors (Lipinski definition) is 0. The first kappa shape index (κ1) is 18.5. The smallest absolute Gasteiger partial charge is 0.254 e. The molecule has 146 valence electrons. The fraction of sp³-hybridized carbons (Fsp3) is 0.364. The van der Waals surface area contributed by atoms with Gasteiger partial charge in [-0.25, -0.2) is 4.39 Å². The van der Waals surface area contributed by atoms with E-state index in [1.807, 2.05) is 0 Å². The Morgan fingerprint density at radius 1 is 1.00 bits per heavy atom. The maximum Gasteiger partial charge on any atom is 0.254 e. The molecule has 0 radical (unpaired) electrons. The topological polar surface area (TPSA) is 49.9 Å². The molecule has 0 N–H and O–H groups in total. The van der Waals surface area contributed by atoms with Crippen LogP contribution >= 0.6 is 0 Å². The van der Waals surface area contributed by atoms with Gasteiger partial charge in [0.25, 0.3) is 5.91 Å². The highest BCUT2D eigenvalue weighted by Gasteiger charge is 2.47. The van der Waals surface area contributed by atoms with E-state index in [1.165, 1.54) is 6.07 Å². The summed E-state index contributed by atoms with van der Waals surface area (Å²) >= 11 is 0. The Balaban J connectivity index is 1.34. The van der Waals surface area contributed by atoms with Crippen molar-refractivity contribution in [3.05, 3.63) is 65.5 Å². The molecule has 1 aliphatic carbocycles. The number of hydrogen-bond acceptors (Lipinski definition) is 3. The summed E-state index contributed by atoms with van der Waals surface area (Å²) in [7, 11) is 1.57. The molecular weight excluding hydrogens is 359 g/mol. The summed E-state index contributed by atoms with van der Waals surface area (Å²) in [5.74, 6) is 0.259. The third-order valence-corrected chi connectivity index (χ3v) is 5.61. The molecule has 2 aliphatic rings. The number of carbonyl (C=O) groups excluding carboxylic acids is 2. The summed E-state index contributed by atoms with van der Waals surface area (Å²) in [5.41, 5.74) is 1.22. The van der Waals surface area contributed by atoms with Gasteiger partial charge >= 0.3 is 0 Å². The van der Waals surface area contributed by atoms with E-state index in [4.69, 9.17) is 4.74 Å². The zero-order chi connectivity index (χ0) is 19.7. The average Bonchev–Trinajstić information content (AvgIpc) is 3.54. The lowest BCUT2D eigenvalue weighted by Crippen LogP contribution is -2.51.